The average molecular weight is 452 g/mol. The normalized spacial score (nSPS) is 21.2. The second-order valence-corrected chi connectivity index (χ2v) is 8.27. The van der Waals surface area contributed by atoms with Crippen molar-refractivity contribution in [1.82, 2.24) is 35.1 Å². The number of ether oxygens (including phenoxy) is 1. The second-order valence-electron chi connectivity index (χ2n) is 8.27. The summed E-state index contributed by atoms with van der Waals surface area (Å²) in [6.07, 6.45) is 5.09. The first-order chi connectivity index (χ1) is 16.2. The molecular weight excluding hydrogens is 430 g/mol. The summed E-state index contributed by atoms with van der Waals surface area (Å²) in [7, 11) is 0. The zero-order valence-corrected chi connectivity index (χ0v) is 17.7. The molecule has 3 aromatic heterocycles. The molecule has 0 radical (unpaired) electrons. The molecule has 0 spiro atoms. The number of rotatable bonds is 4. The van der Waals surface area contributed by atoms with E-state index < -0.39 is 11.6 Å². The lowest BCUT2D eigenvalue weighted by molar-refractivity contribution is 0.0743. The molecule has 1 aromatic carbocycles. The predicted octanol–water partition coefficient (Wildman–Crippen LogP) is 2.79. The van der Waals surface area contributed by atoms with Crippen LogP contribution in [0, 0.1) is 11.6 Å². The minimum atomic E-state index is -0.446. The van der Waals surface area contributed by atoms with Crippen LogP contribution < -0.4 is 10.2 Å². The van der Waals surface area contributed by atoms with E-state index in [1.165, 1.54) is 12.1 Å². The van der Waals surface area contributed by atoms with Crippen molar-refractivity contribution >= 4 is 11.5 Å². The number of nitrogens with zero attached hydrogens (tertiary/aromatic N) is 6. The first-order valence-electron chi connectivity index (χ1n) is 11.0. The number of hydrogen-bond donors (Lipinski definition) is 2. The summed E-state index contributed by atoms with van der Waals surface area (Å²) in [4.78, 5) is 10.1. The number of aromatic amines is 1. The summed E-state index contributed by atoms with van der Waals surface area (Å²) in [6.45, 7) is 2.66. The third kappa shape index (κ3) is 3.62. The fourth-order valence-corrected chi connectivity index (χ4v) is 4.61. The number of aromatic nitrogens is 6. The summed E-state index contributed by atoms with van der Waals surface area (Å²) in [6, 6.07) is 5.12. The molecular formula is C22H22F2N8O. The molecule has 0 saturated carbocycles. The van der Waals surface area contributed by atoms with Crippen LogP contribution in [0.1, 0.15) is 36.3 Å². The monoisotopic (exact) mass is 452 g/mol. The lowest BCUT2D eigenvalue weighted by atomic mass is 10.0. The van der Waals surface area contributed by atoms with Crippen LogP contribution in [-0.4, -0.2) is 56.1 Å². The Morgan fingerprint density at radius 3 is 2.97 bits per heavy atom. The largest absolute Gasteiger partial charge is 0.378 e. The van der Waals surface area contributed by atoms with Crippen molar-refractivity contribution in [3.8, 4) is 11.4 Å². The molecule has 0 amide bonds. The maximum absolute atomic E-state index is 14.5. The molecule has 2 aliphatic heterocycles. The maximum atomic E-state index is 14.5. The lowest BCUT2D eigenvalue weighted by Crippen LogP contribution is -2.35. The van der Waals surface area contributed by atoms with Gasteiger partial charge >= 0.3 is 0 Å². The molecule has 6 rings (SSSR count). The molecule has 0 bridgehead atoms. The molecule has 9 nitrogen and oxygen atoms in total. The van der Waals surface area contributed by atoms with Gasteiger partial charge in [0.05, 0.1) is 37.1 Å². The number of anilines is 1. The third-order valence-corrected chi connectivity index (χ3v) is 6.23. The average Bonchev–Trinajstić information content (AvgIpc) is 3.60. The minimum absolute atomic E-state index is 0.0446. The molecule has 33 heavy (non-hydrogen) atoms. The zero-order valence-electron chi connectivity index (χ0n) is 17.7. The fraction of sp³-hybridized carbons (Fsp3) is 0.364. The predicted molar refractivity (Wildman–Crippen MR) is 116 cm³/mol. The van der Waals surface area contributed by atoms with E-state index >= 15 is 0 Å². The Labute approximate surface area is 187 Å². The SMILES string of the molecule is Fc1ccc(F)c([C@H]2CCCN2c2ccn3ncc(-c4nnc(C5COCCN5)[nH]4)c3n2)c1. The third-order valence-electron chi connectivity index (χ3n) is 6.23. The van der Waals surface area contributed by atoms with Crippen molar-refractivity contribution in [2.24, 2.45) is 0 Å². The highest BCUT2D eigenvalue weighted by molar-refractivity contribution is 5.73. The lowest BCUT2D eigenvalue weighted by Gasteiger charge is -2.26. The zero-order chi connectivity index (χ0) is 22.4. The van der Waals surface area contributed by atoms with Crippen molar-refractivity contribution in [2.45, 2.75) is 24.9 Å². The van der Waals surface area contributed by atoms with E-state index in [9.17, 15) is 8.78 Å². The van der Waals surface area contributed by atoms with Gasteiger partial charge in [-0.2, -0.15) is 5.10 Å². The van der Waals surface area contributed by atoms with Crippen molar-refractivity contribution < 1.29 is 13.5 Å². The molecule has 2 fully saturated rings. The summed E-state index contributed by atoms with van der Waals surface area (Å²) < 4.78 is 35.5. The minimum Gasteiger partial charge on any atom is -0.378 e. The van der Waals surface area contributed by atoms with Crippen LogP contribution in [0.2, 0.25) is 0 Å². The molecule has 2 atom stereocenters. The highest BCUT2D eigenvalue weighted by atomic mass is 19.1. The molecule has 2 aliphatic rings. The summed E-state index contributed by atoms with van der Waals surface area (Å²) >= 11 is 0. The number of fused-ring (bicyclic) bond motifs is 1. The molecule has 0 aliphatic carbocycles. The van der Waals surface area contributed by atoms with Crippen molar-refractivity contribution in [3.63, 3.8) is 0 Å². The Morgan fingerprint density at radius 2 is 2.09 bits per heavy atom. The molecule has 2 N–H and O–H groups in total. The van der Waals surface area contributed by atoms with Crippen LogP contribution in [0.5, 0.6) is 0 Å². The van der Waals surface area contributed by atoms with E-state index in [0.29, 0.717) is 54.0 Å². The van der Waals surface area contributed by atoms with E-state index in [2.05, 4.69) is 25.6 Å². The van der Waals surface area contributed by atoms with Gasteiger partial charge in [-0.25, -0.2) is 18.3 Å². The number of morpholine rings is 1. The van der Waals surface area contributed by atoms with Crippen molar-refractivity contribution in [3.05, 3.63) is 59.7 Å². The molecule has 170 valence electrons. The first kappa shape index (κ1) is 20.2. The Bertz CT molecular complexity index is 1300. The van der Waals surface area contributed by atoms with Crippen LogP contribution >= 0.6 is 0 Å². The quantitative estimate of drug-likeness (QED) is 0.492. The van der Waals surface area contributed by atoms with Crippen LogP contribution in [-0.2, 0) is 4.74 Å². The Kier molecular flexibility index (Phi) is 4.99. The Morgan fingerprint density at radius 1 is 1.15 bits per heavy atom. The van der Waals surface area contributed by atoms with Gasteiger partial charge in [-0.15, -0.1) is 10.2 Å². The van der Waals surface area contributed by atoms with E-state index in [-0.39, 0.29) is 12.1 Å². The number of halogens is 2. The molecule has 5 heterocycles. The number of benzene rings is 1. The molecule has 1 unspecified atom stereocenters. The fourth-order valence-electron chi connectivity index (χ4n) is 4.61. The second kappa shape index (κ2) is 8.16. The van der Waals surface area contributed by atoms with E-state index in [1.54, 1.807) is 10.7 Å². The number of H-pyrrole nitrogens is 1. The number of nitrogens with one attached hydrogen (secondary N) is 2. The van der Waals surface area contributed by atoms with E-state index in [4.69, 9.17) is 9.72 Å². The highest BCUT2D eigenvalue weighted by Gasteiger charge is 2.30. The van der Waals surface area contributed by atoms with Gasteiger partial charge in [-0.05, 0) is 37.1 Å². The van der Waals surface area contributed by atoms with Crippen LogP contribution in [0.25, 0.3) is 17.0 Å². The van der Waals surface area contributed by atoms with Gasteiger partial charge in [-0.3, -0.25) is 0 Å². The van der Waals surface area contributed by atoms with Crippen molar-refractivity contribution in [2.75, 3.05) is 31.2 Å². The van der Waals surface area contributed by atoms with E-state index in [1.807, 2.05) is 17.2 Å². The Balaban J connectivity index is 1.34. The Hall–Kier alpha value is -3.44. The maximum Gasteiger partial charge on any atom is 0.168 e. The van der Waals surface area contributed by atoms with Gasteiger partial charge in [0.2, 0.25) is 0 Å². The molecule has 4 aromatic rings. The number of hydrogen-bond acceptors (Lipinski definition) is 7. The topological polar surface area (TPSA) is 96.3 Å². The van der Waals surface area contributed by atoms with Crippen LogP contribution in [0.3, 0.4) is 0 Å². The van der Waals surface area contributed by atoms with Crippen LogP contribution in [0.4, 0.5) is 14.6 Å². The molecule has 11 heteroatoms. The van der Waals surface area contributed by atoms with Gasteiger partial charge in [0, 0.05) is 24.8 Å². The van der Waals surface area contributed by atoms with Crippen molar-refractivity contribution in [1.29, 1.82) is 0 Å². The van der Waals surface area contributed by atoms with Gasteiger partial charge in [0.1, 0.15) is 23.3 Å². The highest BCUT2D eigenvalue weighted by Crippen LogP contribution is 2.37. The summed E-state index contributed by atoms with van der Waals surface area (Å²) in [5.41, 5.74) is 1.67. The van der Waals surface area contributed by atoms with E-state index in [0.717, 1.165) is 25.5 Å². The van der Waals surface area contributed by atoms with Gasteiger partial charge in [0.25, 0.3) is 0 Å². The van der Waals surface area contributed by atoms with Gasteiger partial charge in [-0.1, -0.05) is 0 Å². The summed E-state index contributed by atoms with van der Waals surface area (Å²) in [5, 5.41) is 16.3. The summed E-state index contributed by atoms with van der Waals surface area (Å²) in [5.74, 6) is 1.08. The van der Waals surface area contributed by atoms with Gasteiger partial charge in [0.15, 0.2) is 11.5 Å². The first-order valence-corrected chi connectivity index (χ1v) is 11.0. The van der Waals surface area contributed by atoms with Gasteiger partial charge < -0.3 is 19.9 Å². The smallest absolute Gasteiger partial charge is 0.168 e. The standard InChI is InChI=1S/C22H22F2N8O/c23-13-3-4-16(24)14(10-13)18-2-1-7-31(18)19-5-8-32-22(27-19)15(11-26-32)20-28-21(30-29-20)17-12-33-9-6-25-17/h3-5,8,10-11,17-18,25H,1-2,6-7,9,12H2,(H,28,29,30)/t17?,18-/m1/s1. The molecule has 2 saturated heterocycles. The van der Waals surface area contributed by atoms with Crippen LogP contribution in [0.15, 0.2) is 36.7 Å².